The molecule has 0 radical (unpaired) electrons. The summed E-state index contributed by atoms with van der Waals surface area (Å²) in [5.74, 6) is 0.291. The third-order valence-electron chi connectivity index (χ3n) is 5.17. The second-order valence-electron chi connectivity index (χ2n) is 7.76. The molecule has 1 fully saturated rings. The maximum atomic E-state index is 12.7. The van der Waals surface area contributed by atoms with E-state index in [1.165, 1.54) is 6.42 Å². The maximum Gasteiger partial charge on any atom is 0.160 e. The van der Waals surface area contributed by atoms with Crippen LogP contribution in [0.2, 0.25) is 0 Å². The molecule has 3 rings (SSSR count). The summed E-state index contributed by atoms with van der Waals surface area (Å²) >= 11 is 0. The number of fused-ring (bicyclic) bond motifs is 1. The Morgan fingerprint density at radius 2 is 1.80 bits per heavy atom. The molecular weight excluding hydrogens is 310 g/mol. The van der Waals surface area contributed by atoms with Crippen LogP contribution >= 0.6 is 0 Å². The number of nitriles is 2. The fraction of sp³-hybridized carbons (Fsp3) is 0.476. The van der Waals surface area contributed by atoms with E-state index in [4.69, 9.17) is 0 Å². The van der Waals surface area contributed by atoms with Gasteiger partial charge in [0.1, 0.15) is 12.1 Å². The van der Waals surface area contributed by atoms with Crippen LogP contribution in [0.15, 0.2) is 18.2 Å². The van der Waals surface area contributed by atoms with Crippen LogP contribution in [-0.2, 0) is 11.2 Å². The number of rotatable bonds is 2. The van der Waals surface area contributed by atoms with Crippen molar-refractivity contribution in [1.82, 2.24) is 5.32 Å². The lowest BCUT2D eigenvalue weighted by molar-refractivity contribution is -0.119. The lowest BCUT2D eigenvalue weighted by Gasteiger charge is -2.36. The molecule has 0 aromatic heterocycles. The summed E-state index contributed by atoms with van der Waals surface area (Å²) in [5, 5.41) is 22.1. The fourth-order valence-electron chi connectivity index (χ4n) is 3.94. The topological polar surface area (TPSA) is 76.7 Å². The van der Waals surface area contributed by atoms with Gasteiger partial charge in [-0.05, 0) is 50.8 Å². The van der Waals surface area contributed by atoms with Crippen LogP contribution in [0.25, 0.3) is 5.70 Å². The van der Waals surface area contributed by atoms with Gasteiger partial charge in [0.2, 0.25) is 0 Å². The first-order valence-electron chi connectivity index (χ1n) is 8.95. The van der Waals surface area contributed by atoms with Gasteiger partial charge in [-0.25, -0.2) is 0 Å². The summed E-state index contributed by atoms with van der Waals surface area (Å²) in [6, 6.07) is 7.74. The van der Waals surface area contributed by atoms with E-state index >= 15 is 0 Å². The van der Waals surface area contributed by atoms with Crippen molar-refractivity contribution in [1.29, 1.82) is 10.5 Å². The van der Waals surface area contributed by atoms with E-state index in [2.05, 4.69) is 31.3 Å². The van der Waals surface area contributed by atoms with Gasteiger partial charge in [-0.1, -0.05) is 19.3 Å². The zero-order valence-electron chi connectivity index (χ0n) is 14.9. The average molecular weight is 333 g/mol. The molecule has 128 valence electrons. The summed E-state index contributed by atoms with van der Waals surface area (Å²) in [5.41, 5.74) is 3.23. The van der Waals surface area contributed by atoms with Crippen molar-refractivity contribution in [3.05, 3.63) is 40.5 Å². The van der Waals surface area contributed by atoms with E-state index in [9.17, 15) is 15.3 Å². The minimum Gasteiger partial charge on any atom is -0.379 e. The first-order valence-corrected chi connectivity index (χ1v) is 8.95. The second kappa shape index (κ2) is 6.73. The van der Waals surface area contributed by atoms with Gasteiger partial charge in [-0.2, -0.15) is 10.5 Å². The van der Waals surface area contributed by atoms with E-state index in [0.717, 1.165) is 48.9 Å². The molecule has 1 aliphatic heterocycles. The fourth-order valence-corrected chi connectivity index (χ4v) is 3.94. The van der Waals surface area contributed by atoms with Gasteiger partial charge in [0.25, 0.3) is 0 Å². The molecule has 1 aromatic carbocycles. The zero-order chi connectivity index (χ0) is 18.0. The van der Waals surface area contributed by atoms with Crippen LogP contribution in [0.5, 0.6) is 0 Å². The quantitative estimate of drug-likeness (QED) is 0.834. The number of hydrogen-bond acceptors (Lipinski definition) is 4. The van der Waals surface area contributed by atoms with Crippen molar-refractivity contribution in [2.75, 3.05) is 0 Å². The summed E-state index contributed by atoms with van der Waals surface area (Å²) in [6.45, 7) is 4.16. The Kier molecular flexibility index (Phi) is 4.64. The monoisotopic (exact) mass is 333 g/mol. The van der Waals surface area contributed by atoms with Crippen molar-refractivity contribution in [3.63, 3.8) is 0 Å². The second-order valence-corrected chi connectivity index (χ2v) is 7.76. The Labute approximate surface area is 149 Å². The highest BCUT2D eigenvalue weighted by Gasteiger charge is 2.30. The molecular formula is C21H23N3O. The molecule has 0 bridgehead atoms. The molecule has 0 saturated heterocycles. The van der Waals surface area contributed by atoms with Crippen molar-refractivity contribution in [2.24, 2.45) is 5.92 Å². The number of nitrogens with zero attached hydrogens (tertiary/aromatic N) is 2. The predicted molar refractivity (Wildman–Crippen MR) is 96.3 cm³/mol. The smallest absolute Gasteiger partial charge is 0.160 e. The normalized spacial score (nSPS) is 20.9. The van der Waals surface area contributed by atoms with E-state index < -0.39 is 0 Å². The number of carbonyl (C=O) groups is 1. The number of hydrogen-bond donors (Lipinski definition) is 1. The molecule has 0 atom stereocenters. The Bertz CT molecular complexity index is 815. The third-order valence-corrected chi connectivity index (χ3v) is 5.17. The molecule has 1 saturated carbocycles. The molecule has 0 spiro atoms. The van der Waals surface area contributed by atoms with Gasteiger partial charge in [0.15, 0.2) is 5.78 Å². The molecule has 0 amide bonds. The van der Waals surface area contributed by atoms with Gasteiger partial charge in [-0.3, -0.25) is 4.79 Å². The molecule has 1 N–H and O–H groups in total. The first-order chi connectivity index (χ1) is 11.9. The zero-order valence-corrected chi connectivity index (χ0v) is 14.9. The average Bonchev–Trinajstić information content (AvgIpc) is 2.60. The standard InChI is InChI=1S/C21H23N3O/c1-21(2)11-15-8-16(12-22)17(13-23)9-18(15)19(24-21)10-20(25)14-6-4-3-5-7-14/h8-10,14,24H,3-7,11H2,1-2H3. The van der Waals surface area contributed by atoms with Crippen LogP contribution in [-0.4, -0.2) is 11.3 Å². The Morgan fingerprint density at radius 3 is 2.44 bits per heavy atom. The highest BCUT2D eigenvalue weighted by atomic mass is 16.1. The molecule has 4 nitrogen and oxygen atoms in total. The third kappa shape index (κ3) is 3.59. The molecule has 1 aromatic rings. The summed E-state index contributed by atoms with van der Waals surface area (Å²) in [6.07, 6.45) is 7.88. The lowest BCUT2D eigenvalue weighted by atomic mass is 9.82. The highest BCUT2D eigenvalue weighted by Crippen LogP contribution is 2.33. The molecule has 2 aliphatic rings. The highest BCUT2D eigenvalue weighted by molar-refractivity contribution is 5.98. The summed E-state index contributed by atoms with van der Waals surface area (Å²) < 4.78 is 0. The summed E-state index contributed by atoms with van der Waals surface area (Å²) in [7, 11) is 0. The number of nitrogens with one attached hydrogen (secondary N) is 1. The van der Waals surface area contributed by atoms with Crippen molar-refractivity contribution in [2.45, 2.75) is 57.9 Å². The Hall–Kier alpha value is -2.59. The Balaban J connectivity index is 2.03. The minimum absolute atomic E-state index is 0.116. The largest absolute Gasteiger partial charge is 0.379 e. The maximum absolute atomic E-state index is 12.7. The molecule has 25 heavy (non-hydrogen) atoms. The van der Waals surface area contributed by atoms with E-state index in [1.807, 2.05) is 0 Å². The number of allylic oxidation sites excluding steroid dienone is 1. The van der Waals surface area contributed by atoms with Crippen LogP contribution < -0.4 is 5.32 Å². The van der Waals surface area contributed by atoms with E-state index in [-0.39, 0.29) is 17.2 Å². The van der Waals surface area contributed by atoms with Crippen LogP contribution in [0.4, 0.5) is 0 Å². The van der Waals surface area contributed by atoms with Gasteiger partial charge < -0.3 is 5.32 Å². The summed E-state index contributed by atoms with van der Waals surface area (Å²) in [4.78, 5) is 12.7. The van der Waals surface area contributed by atoms with E-state index in [0.29, 0.717) is 11.1 Å². The lowest BCUT2D eigenvalue weighted by Crippen LogP contribution is -2.44. The molecule has 1 heterocycles. The van der Waals surface area contributed by atoms with Crippen molar-refractivity contribution < 1.29 is 4.79 Å². The van der Waals surface area contributed by atoms with Gasteiger partial charge in [0.05, 0.1) is 11.1 Å². The number of ketones is 1. The van der Waals surface area contributed by atoms with E-state index in [1.54, 1.807) is 18.2 Å². The first kappa shape index (κ1) is 17.2. The van der Waals surface area contributed by atoms with Gasteiger partial charge >= 0.3 is 0 Å². The minimum atomic E-state index is -0.202. The predicted octanol–water partition coefficient (Wildman–Crippen LogP) is 3.84. The van der Waals surface area contributed by atoms with Gasteiger partial charge in [0, 0.05) is 28.8 Å². The van der Waals surface area contributed by atoms with Crippen LogP contribution in [0, 0.1) is 28.6 Å². The Morgan fingerprint density at radius 1 is 1.16 bits per heavy atom. The number of benzene rings is 1. The van der Waals surface area contributed by atoms with Crippen LogP contribution in [0.1, 0.15) is 68.2 Å². The van der Waals surface area contributed by atoms with Crippen molar-refractivity contribution in [3.8, 4) is 12.1 Å². The number of carbonyl (C=O) groups excluding carboxylic acids is 1. The SMILES string of the molecule is CC1(C)Cc2cc(C#N)c(C#N)cc2C(=CC(=O)C2CCCCC2)N1. The molecule has 4 heteroatoms. The molecule has 0 unspecified atom stereocenters. The van der Waals surface area contributed by atoms with Gasteiger partial charge in [-0.15, -0.1) is 0 Å². The van der Waals surface area contributed by atoms with Crippen LogP contribution in [0.3, 0.4) is 0 Å². The van der Waals surface area contributed by atoms with Crippen molar-refractivity contribution >= 4 is 11.5 Å². The molecule has 1 aliphatic carbocycles.